The molecule has 0 unspecified atom stereocenters. The van der Waals surface area contributed by atoms with Crippen molar-refractivity contribution in [1.82, 2.24) is 20.2 Å². The van der Waals surface area contributed by atoms with Gasteiger partial charge in [-0.05, 0) is 12.8 Å². The number of aliphatic hydroxyl groups excluding tert-OH is 1. The monoisotopic (exact) mass is 237 g/mol. The highest BCUT2D eigenvalue weighted by Gasteiger charge is 2.08. The van der Waals surface area contributed by atoms with E-state index < -0.39 is 0 Å². The van der Waals surface area contributed by atoms with Gasteiger partial charge in [0, 0.05) is 13.2 Å². The molecule has 0 fully saturated rings. The summed E-state index contributed by atoms with van der Waals surface area (Å²) in [4.78, 5) is 8.32. The van der Waals surface area contributed by atoms with Crippen molar-refractivity contribution in [3.63, 3.8) is 0 Å². The number of hydrogen-bond acceptors (Lipinski definition) is 7. The van der Waals surface area contributed by atoms with E-state index in [1.807, 2.05) is 0 Å². The lowest BCUT2D eigenvalue weighted by Crippen LogP contribution is -2.12. The van der Waals surface area contributed by atoms with E-state index in [4.69, 9.17) is 10.9 Å². The van der Waals surface area contributed by atoms with Gasteiger partial charge < -0.3 is 10.4 Å². The molecule has 2 rings (SSSR count). The molecule has 6 N–H and O–H groups in total. The van der Waals surface area contributed by atoms with Crippen LogP contribution in [0, 0.1) is 0 Å². The normalized spacial score (nSPS) is 10.7. The summed E-state index contributed by atoms with van der Waals surface area (Å²) in [6.07, 6.45) is 3.28. The summed E-state index contributed by atoms with van der Waals surface area (Å²) in [5.41, 5.74) is 3.02. The van der Waals surface area contributed by atoms with Crippen LogP contribution in [0.4, 0.5) is 11.8 Å². The number of fused-ring (bicyclic) bond motifs is 1. The number of nitrogens with zero attached hydrogens (tertiary/aromatic N) is 3. The Balaban J connectivity index is 2.16. The Hall–Kier alpha value is -1.93. The van der Waals surface area contributed by atoms with Crippen LogP contribution >= 0.6 is 0 Å². The first-order valence-corrected chi connectivity index (χ1v) is 5.37. The van der Waals surface area contributed by atoms with Gasteiger partial charge in [-0.1, -0.05) is 0 Å². The average molecular weight is 237 g/mol. The molecule has 2 aromatic rings. The summed E-state index contributed by atoms with van der Waals surface area (Å²) in [5.74, 6) is 6.29. The lowest BCUT2D eigenvalue weighted by Gasteiger charge is -2.07. The first-order chi connectivity index (χ1) is 8.35. The number of aromatic amines is 1. The number of hydrogen-bond donors (Lipinski definition) is 5. The minimum atomic E-state index is 0.197. The van der Waals surface area contributed by atoms with Crippen molar-refractivity contribution in [2.24, 2.45) is 5.84 Å². The number of hydrazine groups is 1. The van der Waals surface area contributed by atoms with Crippen molar-refractivity contribution in [2.45, 2.75) is 12.8 Å². The van der Waals surface area contributed by atoms with Crippen LogP contribution in [0.15, 0.2) is 6.20 Å². The molecule has 0 aromatic carbocycles. The standard InChI is InChI=1S/C9H15N7O/c10-15-9-13-7(11-3-1-2-4-17)6-5-12-16-8(6)14-9/h5,17H,1-4,10H2,(H3,11,12,13,14,15,16). The smallest absolute Gasteiger partial charge is 0.241 e. The van der Waals surface area contributed by atoms with Gasteiger partial charge in [-0.3, -0.25) is 10.5 Å². The van der Waals surface area contributed by atoms with Crippen LogP contribution in [-0.4, -0.2) is 38.4 Å². The zero-order valence-electron chi connectivity index (χ0n) is 9.27. The predicted molar refractivity (Wildman–Crippen MR) is 64.3 cm³/mol. The summed E-state index contributed by atoms with van der Waals surface area (Å²) < 4.78 is 0. The maximum atomic E-state index is 8.69. The zero-order chi connectivity index (χ0) is 12.1. The van der Waals surface area contributed by atoms with Crippen molar-refractivity contribution in [3.8, 4) is 0 Å². The van der Waals surface area contributed by atoms with Crippen molar-refractivity contribution >= 4 is 22.8 Å². The van der Waals surface area contributed by atoms with Gasteiger partial charge in [0.2, 0.25) is 5.95 Å². The molecule has 17 heavy (non-hydrogen) atoms. The number of aliphatic hydroxyl groups is 1. The van der Waals surface area contributed by atoms with Crippen LogP contribution in [0.1, 0.15) is 12.8 Å². The second-order valence-corrected chi connectivity index (χ2v) is 3.53. The van der Waals surface area contributed by atoms with E-state index in [-0.39, 0.29) is 6.61 Å². The molecule has 0 atom stereocenters. The topological polar surface area (TPSA) is 125 Å². The van der Waals surface area contributed by atoms with E-state index in [0.717, 1.165) is 24.8 Å². The summed E-state index contributed by atoms with van der Waals surface area (Å²) in [7, 11) is 0. The van der Waals surface area contributed by atoms with E-state index in [1.54, 1.807) is 6.20 Å². The highest BCUT2D eigenvalue weighted by Crippen LogP contribution is 2.19. The van der Waals surface area contributed by atoms with Crippen LogP contribution in [0.2, 0.25) is 0 Å². The fraction of sp³-hybridized carbons (Fsp3) is 0.444. The Labute approximate surface area is 97.6 Å². The number of H-pyrrole nitrogens is 1. The van der Waals surface area contributed by atoms with Crippen LogP contribution in [0.3, 0.4) is 0 Å². The van der Waals surface area contributed by atoms with Gasteiger partial charge in [-0.25, -0.2) is 5.84 Å². The average Bonchev–Trinajstić information content (AvgIpc) is 2.82. The Bertz CT molecular complexity index is 483. The largest absolute Gasteiger partial charge is 0.396 e. The minimum absolute atomic E-state index is 0.197. The number of unbranched alkanes of at least 4 members (excludes halogenated alkanes) is 1. The molecule has 0 saturated carbocycles. The number of aromatic nitrogens is 4. The Morgan fingerprint density at radius 3 is 3.00 bits per heavy atom. The van der Waals surface area contributed by atoms with Crippen molar-refractivity contribution in [1.29, 1.82) is 0 Å². The highest BCUT2D eigenvalue weighted by molar-refractivity contribution is 5.86. The van der Waals surface area contributed by atoms with Gasteiger partial charge in [-0.2, -0.15) is 15.1 Å². The molecule has 0 aliphatic carbocycles. The van der Waals surface area contributed by atoms with Gasteiger partial charge in [0.1, 0.15) is 5.82 Å². The summed E-state index contributed by atoms with van der Waals surface area (Å²) in [5, 5.41) is 19.3. The van der Waals surface area contributed by atoms with Gasteiger partial charge in [0.25, 0.3) is 0 Å². The van der Waals surface area contributed by atoms with Gasteiger partial charge in [0.15, 0.2) is 5.65 Å². The molecule has 92 valence electrons. The third-order valence-electron chi connectivity index (χ3n) is 2.32. The third kappa shape index (κ3) is 2.60. The fourth-order valence-corrected chi connectivity index (χ4v) is 1.48. The van der Waals surface area contributed by atoms with E-state index in [0.29, 0.717) is 17.4 Å². The molecular weight excluding hydrogens is 222 g/mol. The van der Waals surface area contributed by atoms with E-state index in [2.05, 4.69) is 30.9 Å². The van der Waals surface area contributed by atoms with E-state index in [1.165, 1.54) is 0 Å². The molecule has 8 nitrogen and oxygen atoms in total. The molecule has 0 radical (unpaired) electrons. The number of rotatable bonds is 6. The van der Waals surface area contributed by atoms with Crippen LogP contribution in [-0.2, 0) is 0 Å². The van der Waals surface area contributed by atoms with Gasteiger partial charge in [-0.15, -0.1) is 0 Å². The molecule has 2 aromatic heterocycles. The van der Waals surface area contributed by atoms with Crippen LogP contribution in [0.5, 0.6) is 0 Å². The Morgan fingerprint density at radius 1 is 1.35 bits per heavy atom. The number of nitrogens with one attached hydrogen (secondary N) is 3. The molecule has 0 aliphatic rings. The summed E-state index contributed by atoms with van der Waals surface area (Å²) >= 11 is 0. The number of anilines is 2. The molecule has 0 saturated heterocycles. The molecule has 0 bridgehead atoms. The van der Waals surface area contributed by atoms with Crippen molar-refractivity contribution in [3.05, 3.63) is 6.20 Å². The lowest BCUT2D eigenvalue weighted by atomic mass is 10.3. The Kier molecular flexibility index (Phi) is 3.68. The summed E-state index contributed by atoms with van der Waals surface area (Å²) in [6, 6.07) is 0. The fourth-order valence-electron chi connectivity index (χ4n) is 1.48. The third-order valence-corrected chi connectivity index (χ3v) is 2.32. The molecule has 0 amide bonds. The Morgan fingerprint density at radius 2 is 2.24 bits per heavy atom. The second-order valence-electron chi connectivity index (χ2n) is 3.53. The molecule has 8 heteroatoms. The molecule has 2 heterocycles. The predicted octanol–water partition coefficient (Wildman–Crippen LogP) is -0.177. The lowest BCUT2D eigenvalue weighted by molar-refractivity contribution is 0.286. The quantitative estimate of drug-likeness (QED) is 0.268. The van der Waals surface area contributed by atoms with E-state index in [9.17, 15) is 0 Å². The van der Waals surface area contributed by atoms with Crippen LogP contribution < -0.4 is 16.6 Å². The zero-order valence-corrected chi connectivity index (χ0v) is 9.27. The first kappa shape index (κ1) is 11.6. The van der Waals surface area contributed by atoms with Crippen molar-refractivity contribution in [2.75, 3.05) is 23.9 Å². The van der Waals surface area contributed by atoms with Gasteiger partial charge >= 0.3 is 0 Å². The maximum Gasteiger partial charge on any atom is 0.241 e. The highest BCUT2D eigenvalue weighted by atomic mass is 16.2. The molecule has 0 aliphatic heterocycles. The van der Waals surface area contributed by atoms with E-state index >= 15 is 0 Å². The molecule has 0 spiro atoms. The summed E-state index contributed by atoms with van der Waals surface area (Å²) in [6.45, 7) is 0.921. The van der Waals surface area contributed by atoms with Crippen LogP contribution in [0.25, 0.3) is 11.0 Å². The number of nitrogens with two attached hydrogens (primary N) is 1. The van der Waals surface area contributed by atoms with Gasteiger partial charge in [0.05, 0.1) is 11.6 Å². The molecular formula is C9H15N7O. The second kappa shape index (κ2) is 5.41. The minimum Gasteiger partial charge on any atom is -0.396 e. The maximum absolute atomic E-state index is 8.69. The number of nitrogen functional groups attached to an aromatic ring is 1. The SMILES string of the molecule is NNc1nc(NCCCCO)c2cn[nH]c2n1. The van der Waals surface area contributed by atoms with Crippen molar-refractivity contribution < 1.29 is 5.11 Å². The first-order valence-electron chi connectivity index (χ1n) is 5.37.